The van der Waals surface area contributed by atoms with Gasteiger partial charge < -0.3 is 0 Å². The molecule has 10 heavy (non-hydrogen) atoms. The van der Waals surface area contributed by atoms with Crippen LogP contribution in [-0.4, -0.2) is 10.3 Å². The molecule has 0 saturated carbocycles. The second-order valence-corrected chi connectivity index (χ2v) is 2.02. The number of rotatable bonds is 0. The van der Waals surface area contributed by atoms with E-state index in [2.05, 4.69) is 10.3 Å². The van der Waals surface area contributed by atoms with Gasteiger partial charge in [0.1, 0.15) is 6.20 Å². The SMILES string of the molecule is O=c1[nH][nH][n+]2ccccc12. The molecule has 2 aromatic rings. The van der Waals surface area contributed by atoms with Crippen LogP contribution in [0.1, 0.15) is 0 Å². The Balaban J connectivity index is 3.07. The van der Waals surface area contributed by atoms with Gasteiger partial charge in [0.2, 0.25) is 5.52 Å². The Kier molecular flexibility index (Phi) is 0.887. The van der Waals surface area contributed by atoms with Crippen LogP contribution in [0.5, 0.6) is 0 Å². The number of hydrogen-bond donors (Lipinski definition) is 2. The summed E-state index contributed by atoms with van der Waals surface area (Å²) in [5.74, 6) is 0. The highest BCUT2D eigenvalue weighted by Crippen LogP contribution is 1.82. The van der Waals surface area contributed by atoms with Gasteiger partial charge in [0.25, 0.3) is 0 Å². The third-order valence-corrected chi connectivity index (χ3v) is 1.38. The smallest absolute Gasteiger partial charge is 0.235 e. The topological polar surface area (TPSA) is 52.8 Å². The first-order valence-corrected chi connectivity index (χ1v) is 2.95. The van der Waals surface area contributed by atoms with Crippen molar-refractivity contribution in [2.45, 2.75) is 0 Å². The third kappa shape index (κ3) is 0.556. The summed E-state index contributed by atoms with van der Waals surface area (Å²) < 4.78 is 1.63. The van der Waals surface area contributed by atoms with Crippen molar-refractivity contribution >= 4 is 5.52 Å². The zero-order valence-corrected chi connectivity index (χ0v) is 5.16. The summed E-state index contributed by atoms with van der Waals surface area (Å²) in [6, 6.07) is 5.41. The van der Waals surface area contributed by atoms with Crippen molar-refractivity contribution in [1.29, 1.82) is 0 Å². The normalized spacial score (nSPS) is 10.4. The second-order valence-electron chi connectivity index (χ2n) is 2.02. The number of hydrogen-bond acceptors (Lipinski definition) is 1. The molecule has 4 nitrogen and oxygen atoms in total. The Morgan fingerprint density at radius 3 is 3.10 bits per heavy atom. The molecule has 0 fully saturated rings. The molecule has 2 aromatic heterocycles. The largest absolute Gasteiger partial charge is 0.398 e. The molecule has 0 bridgehead atoms. The standard InChI is InChI=1S/C6H5N3O/c10-6-5-3-1-2-4-9(5)8-7-6/h1-4,10H/p+1. The Bertz CT molecular complexity index is 400. The quantitative estimate of drug-likeness (QED) is 0.469. The number of aromatic nitrogens is 3. The second kappa shape index (κ2) is 1.70. The van der Waals surface area contributed by atoms with Gasteiger partial charge >= 0.3 is 5.56 Å². The van der Waals surface area contributed by atoms with E-state index in [-0.39, 0.29) is 5.56 Å². The fourth-order valence-corrected chi connectivity index (χ4v) is 0.901. The first-order chi connectivity index (χ1) is 4.88. The van der Waals surface area contributed by atoms with E-state index in [1.54, 1.807) is 16.8 Å². The van der Waals surface area contributed by atoms with E-state index in [1.165, 1.54) is 0 Å². The number of nitrogens with zero attached hydrogens (tertiary/aromatic N) is 1. The Morgan fingerprint density at radius 2 is 2.30 bits per heavy atom. The van der Waals surface area contributed by atoms with Gasteiger partial charge in [-0.25, -0.2) is 4.79 Å². The monoisotopic (exact) mass is 136 g/mol. The molecular formula is C6H6N3O+. The minimum absolute atomic E-state index is 0.0967. The molecule has 50 valence electrons. The first kappa shape index (κ1) is 5.22. The van der Waals surface area contributed by atoms with Crippen LogP contribution in [0.25, 0.3) is 5.52 Å². The molecule has 0 aromatic carbocycles. The molecule has 0 spiro atoms. The number of fused-ring (bicyclic) bond motifs is 1. The number of H-pyrrole nitrogens is 2. The van der Waals surface area contributed by atoms with E-state index in [0.29, 0.717) is 5.52 Å². The molecule has 4 heteroatoms. The van der Waals surface area contributed by atoms with E-state index in [4.69, 9.17) is 0 Å². The van der Waals surface area contributed by atoms with E-state index < -0.39 is 0 Å². The predicted molar refractivity (Wildman–Crippen MR) is 34.6 cm³/mol. The summed E-state index contributed by atoms with van der Waals surface area (Å²) in [7, 11) is 0. The molecule has 0 aliphatic rings. The molecular weight excluding hydrogens is 130 g/mol. The van der Waals surface area contributed by atoms with Crippen LogP contribution < -0.4 is 10.1 Å². The summed E-state index contributed by atoms with van der Waals surface area (Å²) in [6.07, 6.45) is 1.77. The number of nitrogens with one attached hydrogen (secondary N) is 2. The van der Waals surface area contributed by atoms with Crippen molar-refractivity contribution < 1.29 is 4.52 Å². The maximum absolute atomic E-state index is 10.9. The predicted octanol–water partition coefficient (Wildman–Crippen LogP) is -0.558. The van der Waals surface area contributed by atoms with Crippen molar-refractivity contribution in [3.05, 3.63) is 34.7 Å². The lowest BCUT2D eigenvalue weighted by atomic mass is 10.4. The first-order valence-electron chi connectivity index (χ1n) is 2.95. The Labute approximate surface area is 56.1 Å². The average molecular weight is 136 g/mol. The molecule has 0 aliphatic heterocycles. The van der Waals surface area contributed by atoms with Crippen molar-refractivity contribution in [3.63, 3.8) is 0 Å². The Hall–Kier alpha value is -1.58. The molecule has 0 aliphatic carbocycles. The van der Waals surface area contributed by atoms with Crippen LogP contribution in [0.2, 0.25) is 0 Å². The number of aromatic amines is 2. The molecule has 0 unspecified atom stereocenters. The zero-order valence-electron chi connectivity index (χ0n) is 5.16. The fraction of sp³-hybridized carbons (Fsp3) is 0. The summed E-state index contributed by atoms with van der Waals surface area (Å²) >= 11 is 0. The summed E-state index contributed by atoms with van der Waals surface area (Å²) in [6.45, 7) is 0. The number of pyridine rings is 1. The fourth-order valence-electron chi connectivity index (χ4n) is 0.901. The van der Waals surface area contributed by atoms with Crippen LogP contribution in [0.4, 0.5) is 0 Å². The van der Waals surface area contributed by atoms with Gasteiger partial charge in [-0.2, -0.15) is 0 Å². The molecule has 0 amide bonds. The van der Waals surface area contributed by atoms with Crippen LogP contribution >= 0.6 is 0 Å². The van der Waals surface area contributed by atoms with Gasteiger partial charge in [0.05, 0.1) is 0 Å². The highest BCUT2D eigenvalue weighted by atomic mass is 16.1. The molecule has 2 N–H and O–H groups in total. The van der Waals surface area contributed by atoms with Crippen LogP contribution in [0, 0.1) is 0 Å². The lowest BCUT2D eigenvalue weighted by molar-refractivity contribution is -0.581. The van der Waals surface area contributed by atoms with Crippen molar-refractivity contribution in [2.75, 3.05) is 0 Å². The van der Waals surface area contributed by atoms with Crippen LogP contribution in [0.3, 0.4) is 0 Å². The average Bonchev–Trinajstić information content (AvgIpc) is 2.34. The minimum Gasteiger partial charge on any atom is -0.235 e. The maximum atomic E-state index is 10.9. The molecule has 2 heterocycles. The van der Waals surface area contributed by atoms with Gasteiger partial charge in [-0.05, 0) is 12.1 Å². The Morgan fingerprint density at radius 1 is 1.40 bits per heavy atom. The molecule has 0 atom stereocenters. The zero-order chi connectivity index (χ0) is 6.97. The van der Waals surface area contributed by atoms with E-state index in [9.17, 15) is 4.79 Å². The summed E-state index contributed by atoms with van der Waals surface area (Å²) in [5.41, 5.74) is 0.531. The highest BCUT2D eigenvalue weighted by Gasteiger charge is 2.02. The van der Waals surface area contributed by atoms with Crippen molar-refractivity contribution in [1.82, 2.24) is 10.3 Å². The van der Waals surface area contributed by atoms with E-state index in [0.717, 1.165) is 0 Å². The summed E-state index contributed by atoms with van der Waals surface area (Å²) in [5, 5.41) is 5.13. The van der Waals surface area contributed by atoms with Crippen LogP contribution in [0.15, 0.2) is 29.2 Å². The summed E-state index contributed by atoms with van der Waals surface area (Å²) in [4.78, 5) is 10.9. The van der Waals surface area contributed by atoms with Crippen molar-refractivity contribution in [3.8, 4) is 0 Å². The molecule has 2 rings (SSSR count). The van der Waals surface area contributed by atoms with Gasteiger partial charge in [-0.3, -0.25) is 0 Å². The lowest BCUT2D eigenvalue weighted by Gasteiger charge is -1.77. The van der Waals surface area contributed by atoms with Gasteiger partial charge in [0, 0.05) is 0 Å². The molecule has 0 saturated heterocycles. The van der Waals surface area contributed by atoms with Crippen LogP contribution in [-0.2, 0) is 0 Å². The molecule has 0 radical (unpaired) electrons. The van der Waals surface area contributed by atoms with E-state index in [1.807, 2.05) is 12.1 Å². The highest BCUT2D eigenvalue weighted by molar-refractivity contribution is 5.33. The minimum atomic E-state index is -0.0967. The van der Waals surface area contributed by atoms with Gasteiger partial charge in [-0.1, -0.05) is 11.3 Å². The van der Waals surface area contributed by atoms with Crippen molar-refractivity contribution in [2.24, 2.45) is 0 Å². The third-order valence-electron chi connectivity index (χ3n) is 1.38. The maximum Gasteiger partial charge on any atom is 0.398 e. The van der Waals surface area contributed by atoms with E-state index >= 15 is 0 Å². The van der Waals surface area contributed by atoms with Gasteiger partial charge in [0.15, 0.2) is 0 Å². The lowest BCUT2D eigenvalue weighted by Crippen LogP contribution is -2.22. The van der Waals surface area contributed by atoms with Gasteiger partial charge in [-0.15, -0.1) is 9.61 Å².